The van der Waals surface area contributed by atoms with Gasteiger partial charge in [-0.3, -0.25) is 0 Å². The largest absolute Gasteiger partial charge is 0.391 e. The van der Waals surface area contributed by atoms with Crippen LogP contribution in [0, 0.1) is 0 Å². The average Bonchev–Trinajstić information content (AvgIpc) is 3.19. The third-order valence-electron chi connectivity index (χ3n) is 3.68. The van der Waals surface area contributed by atoms with Gasteiger partial charge in [-0.25, -0.2) is 4.98 Å². The quantitative estimate of drug-likeness (QED) is 0.895. The second-order valence-corrected chi connectivity index (χ2v) is 5.94. The first kappa shape index (κ1) is 12.3. The summed E-state index contributed by atoms with van der Waals surface area (Å²) in [6, 6.07) is 0.0637. The third kappa shape index (κ3) is 2.64. The van der Waals surface area contributed by atoms with E-state index in [1.165, 1.54) is 12.8 Å². The zero-order chi connectivity index (χ0) is 12.5. The summed E-state index contributed by atoms with van der Waals surface area (Å²) in [7, 11) is 0. The Morgan fingerprint density at radius 1 is 1.11 bits per heavy atom. The highest BCUT2D eigenvalue weighted by Gasteiger charge is 2.29. The van der Waals surface area contributed by atoms with Gasteiger partial charge in [-0.05, 0) is 41.6 Å². The van der Waals surface area contributed by atoms with Gasteiger partial charge in [-0.15, -0.1) is 10.2 Å². The van der Waals surface area contributed by atoms with Crippen molar-refractivity contribution in [1.29, 1.82) is 0 Å². The van der Waals surface area contributed by atoms with Crippen LogP contribution >= 0.6 is 15.9 Å². The molecule has 0 aromatic carbocycles. The number of nitrogens with one attached hydrogen (secondary N) is 1. The molecule has 2 atom stereocenters. The Morgan fingerprint density at radius 2 is 1.89 bits per heavy atom. The van der Waals surface area contributed by atoms with Gasteiger partial charge in [0.25, 0.3) is 0 Å². The van der Waals surface area contributed by atoms with Crippen molar-refractivity contribution < 1.29 is 5.11 Å². The van der Waals surface area contributed by atoms with E-state index in [0.29, 0.717) is 11.9 Å². The Morgan fingerprint density at radius 3 is 2.61 bits per heavy atom. The molecular formula is C12H17BrN4O. The van der Waals surface area contributed by atoms with Gasteiger partial charge in [0, 0.05) is 5.92 Å². The SMILES string of the molecule is O[C@@H]1CCCC[C@H]1Nc1nnc(Br)c(C2CC2)n1. The lowest BCUT2D eigenvalue weighted by molar-refractivity contribution is 0.116. The van der Waals surface area contributed by atoms with Gasteiger partial charge in [-0.2, -0.15) is 0 Å². The molecule has 1 heterocycles. The Hall–Kier alpha value is -0.750. The van der Waals surface area contributed by atoms with Crippen molar-refractivity contribution in [2.75, 3.05) is 5.32 Å². The van der Waals surface area contributed by atoms with Crippen LogP contribution in [0.25, 0.3) is 0 Å². The lowest BCUT2D eigenvalue weighted by Gasteiger charge is -2.28. The number of hydrogen-bond donors (Lipinski definition) is 2. The first-order chi connectivity index (χ1) is 8.74. The summed E-state index contributed by atoms with van der Waals surface area (Å²) < 4.78 is 0.750. The van der Waals surface area contributed by atoms with Crippen LogP contribution in [0.3, 0.4) is 0 Å². The van der Waals surface area contributed by atoms with Gasteiger partial charge in [-0.1, -0.05) is 12.8 Å². The summed E-state index contributed by atoms with van der Waals surface area (Å²) >= 11 is 3.39. The minimum absolute atomic E-state index is 0.0637. The van der Waals surface area contributed by atoms with E-state index in [4.69, 9.17) is 0 Å². The molecule has 2 saturated carbocycles. The molecule has 98 valence electrons. The standard InChI is InChI=1S/C12H17BrN4O/c13-11-10(7-5-6-7)15-12(17-16-11)14-8-3-1-2-4-9(8)18/h7-9,18H,1-6H2,(H,14,15,17)/t8-,9-/m1/s1. The van der Waals surface area contributed by atoms with Crippen molar-refractivity contribution in [2.45, 2.75) is 56.6 Å². The Balaban J connectivity index is 1.73. The average molecular weight is 313 g/mol. The second kappa shape index (κ2) is 5.09. The maximum absolute atomic E-state index is 9.93. The van der Waals surface area contributed by atoms with Gasteiger partial charge in [0.15, 0.2) is 4.60 Å². The summed E-state index contributed by atoms with van der Waals surface area (Å²) in [5, 5.41) is 21.3. The summed E-state index contributed by atoms with van der Waals surface area (Å²) in [4.78, 5) is 4.52. The molecule has 0 unspecified atom stereocenters. The number of nitrogens with zero attached hydrogens (tertiary/aromatic N) is 3. The Bertz CT molecular complexity index is 438. The summed E-state index contributed by atoms with van der Waals surface area (Å²) in [6.07, 6.45) is 6.15. The fourth-order valence-electron chi connectivity index (χ4n) is 2.45. The van der Waals surface area contributed by atoms with Gasteiger partial charge in [0.2, 0.25) is 5.95 Å². The van der Waals surface area contributed by atoms with E-state index in [-0.39, 0.29) is 12.1 Å². The summed E-state index contributed by atoms with van der Waals surface area (Å²) in [5.41, 5.74) is 0.998. The van der Waals surface area contributed by atoms with E-state index in [2.05, 4.69) is 36.4 Å². The molecule has 18 heavy (non-hydrogen) atoms. The van der Waals surface area contributed by atoms with Crippen molar-refractivity contribution in [3.63, 3.8) is 0 Å². The van der Waals surface area contributed by atoms with Crippen LogP contribution in [-0.4, -0.2) is 32.4 Å². The number of anilines is 1. The first-order valence-corrected chi connectivity index (χ1v) is 7.38. The molecule has 3 rings (SSSR count). The zero-order valence-corrected chi connectivity index (χ0v) is 11.7. The van der Waals surface area contributed by atoms with E-state index < -0.39 is 0 Å². The number of aliphatic hydroxyl groups excluding tert-OH is 1. The van der Waals surface area contributed by atoms with Crippen LogP contribution in [0.4, 0.5) is 5.95 Å². The molecule has 0 saturated heterocycles. The molecule has 0 spiro atoms. The molecule has 2 aliphatic rings. The highest BCUT2D eigenvalue weighted by atomic mass is 79.9. The van der Waals surface area contributed by atoms with E-state index in [1.807, 2.05) is 0 Å². The molecule has 2 aliphatic carbocycles. The fourth-order valence-corrected chi connectivity index (χ4v) is 2.94. The molecule has 0 amide bonds. The lowest BCUT2D eigenvalue weighted by Crippen LogP contribution is -2.37. The van der Waals surface area contributed by atoms with Crippen LogP contribution < -0.4 is 5.32 Å². The number of halogens is 1. The fraction of sp³-hybridized carbons (Fsp3) is 0.750. The summed E-state index contributed by atoms with van der Waals surface area (Å²) in [6.45, 7) is 0. The molecule has 6 heteroatoms. The van der Waals surface area contributed by atoms with Crippen LogP contribution in [0.15, 0.2) is 4.60 Å². The number of hydrogen-bond acceptors (Lipinski definition) is 5. The van der Waals surface area contributed by atoms with Crippen LogP contribution in [-0.2, 0) is 0 Å². The zero-order valence-electron chi connectivity index (χ0n) is 10.1. The van der Waals surface area contributed by atoms with Crippen molar-refractivity contribution in [1.82, 2.24) is 15.2 Å². The van der Waals surface area contributed by atoms with Crippen LogP contribution in [0.5, 0.6) is 0 Å². The molecule has 1 aromatic heterocycles. The maximum atomic E-state index is 9.93. The lowest BCUT2D eigenvalue weighted by atomic mass is 9.93. The van der Waals surface area contributed by atoms with E-state index in [9.17, 15) is 5.11 Å². The van der Waals surface area contributed by atoms with Crippen molar-refractivity contribution in [2.24, 2.45) is 0 Å². The van der Waals surface area contributed by atoms with Crippen LogP contribution in [0.1, 0.15) is 50.1 Å². The van der Waals surface area contributed by atoms with Gasteiger partial charge >= 0.3 is 0 Å². The second-order valence-electron chi connectivity index (χ2n) is 5.19. The number of rotatable bonds is 3. The molecule has 5 nitrogen and oxygen atoms in total. The number of aromatic nitrogens is 3. The number of aliphatic hydroxyl groups is 1. The van der Waals surface area contributed by atoms with Crippen molar-refractivity contribution in [3.05, 3.63) is 10.3 Å². The monoisotopic (exact) mass is 312 g/mol. The van der Waals surface area contributed by atoms with Gasteiger partial charge < -0.3 is 10.4 Å². The highest BCUT2D eigenvalue weighted by molar-refractivity contribution is 9.10. The Labute approximate surface area is 115 Å². The minimum Gasteiger partial charge on any atom is -0.391 e. The summed E-state index contributed by atoms with van der Waals surface area (Å²) in [5.74, 6) is 1.08. The minimum atomic E-state index is -0.296. The van der Waals surface area contributed by atoms with E-state index in [0.717, 1.165) is 36.0 Å². The molecule has 0 bridgehead atoms. The third-order valence-corrected chi connectivity index (χ3v) is 4.24. The van der Waals surface area contributed by atoms with Crippen molar-refractivity contribution >= 4 is 21.9 Å². The van der Waals surface area contributed by atoms with Gasteiger partial charge in [0.05, 0.1) is 17.8 Å². The predicted molar refractivity (Wildman–Crippen MR) is 71.4 cm³/mol. The Kier molecular flexibility index (Phi) is 3.48. The first-order valence-electron chi connectivity index (χ1n) is 6.59. The highest BCUT2D eigenvalue weighted by Crippen LogP contribution is 2.41. The van der Waals surface area contributed by atoms with Crippen LogP contribution in [0.2, 0.25) is 0 Å². The maximum Gasteiger partial charge on any atom is 0.243 e. The molecule has 0 radical (unpaired) electrons. The molecule has 0 aliphatic heterocycles. The van der Waals surface area contributed by atoms with E-state index in [1.54, 1.807) is 0 Å². The van der Waals surface area contributed by atoms with Crippen molar-refractivity contribution in [3.8, 4) is 0 Å². The molecule has 2 fully saturated rings. The normalized spacial score (nSPS) is 28.1. The molecule has 1 aromatic rings. The molecule has 2 N–H and O–H groups in total. The van der Waals surface area contributed by atoms with Gasteiger partial charge in [0.1, 0.15) is 0 Å². The topological polar surface area (TPSA) is 70.9 Å². The smallest absolute Gasteiger partial charge is 0.243 e. The molecular weight excluding hydrogens is 296 g/mol. The predicted octanol–water partition coefficient (Wildman–Crippen LogP) is 2.23. The van der Waals surface area contributed by atoms with E-state index >= 15 is 0 Å².